The Morgan fingerprint density at radius 3 is 3.17 bits per heavy atom. The molecule has 0 amide bonds. The van der Waals surface area contributed by atoms with Crippen molar-refractivity contribution in [1.29, 1.82) is 0 Å². The van der Waals surface area contributed by atoms with Crippen molar-refractivity contribution in [2.45, 2.75) is 0 Å². The van der Waals surface area contributed by atoms with Crippen LogP contribution in [0.5, 0.6) is 0 Å². The zero-order chi connectivity index (χ0) is 8.55. The van der Waals surface area contributed by atoms with E-state index in [0.29, 0.717) is 10.9 Å². The lowest BCUT2D eigenvalue weighted by Gasteiger charge is -1.84. The lowest BCUT2D eigenvalue weighted by atomic mass is 10.3. The molecule has 0 aliphatic rings. The molecule has 0 radical (unpaired) electrons. The number of rotatable bonds is 1. The van der Waals surface area contributed by atoms with Gasteiger partial charge in [0.2, 0.25) is 0 Å². The molecule has 5 nitrogen and oxygen atoms in total. The fourth-order valence-electron chi connectivity index (χ4n) is 0.940. The molecule has 0 saturated carbocycles. The predicted octanol–water partition coefficient (Wildman–Crippen LogP) is 0.921. The topological polar surface area (TPSA) is 76.2 Å². The van der Waals surface area contributed by atoms with Crippen molar-refractivity contribution in [1.82, 2.24) is 10.1 Å². The van der Waals surface area contributed by atoms with Gasteiger partial charge in [0.1, 0.15) is 5.52 Å². The fourth-order valence-corrected chi connectivity index (χ4v) is 0.940. The van der Waals surface area contributed by atoms with Gasteiger partial charge in [-0.3, -0.25) is 4.98 Å². The molecule has 0 aromatic carbocycles. The molecule has 2 aromatic rings. The molecule has 0 bridgehead atoms. The molecule has 5 heteroatoms. The molecule has 2 heterocycles. The van der Waals surface area contributed by atoms with Gasteiger partial charge in [0.15, 0.2) is 0 Å². The second-order valence-electron chi connectivity index (χ2n) is 2.21. The first-order valence-corrected chi connectivity index (χ1v) is 3.22. The van der Waals surface area contributed by atoms with Crippen LogP contribution in [0.15, 0.2) is 23.0 Å². The highest BCUT2D eigenvalue weighted by Gasteiger charge is 2.14. The van der Waals surface area contributed by atoms with Crippen molar-refractivity contribution in [2.24, 2.45) is 0 Å². The molecule has 0 aliphatic carbocycles. The van der Waals surface area contributed by atoms with Gasteiger partial charge < -0.3 is 9.63 Å². The highest BCUT2D eigenvalue weighted by atomic mass is 16.5. The third-order valence-electron chi connectivity index (χ3n) is 1.47. The average Bonchev–Trinajstić information content (AvgIpc) is 2.47. The van der Waals surface area contributed by atoms with Crippen LogP contribution < -0.4 is 0 Å². The Balaban J connectivity index is 2.79. The molecule has 0 spiro atoms. The minimum absolute atomic E-state index is 0.168. The first-order valence-electron chi connectivity index (χ1n) is 3.22. The summed E-state index contributed by atoms with van der Waals surface area (Å²) < 4.78 is 4.59. The summed E-state index contributed by atoms with van der Waals surface area (Å²) in [5.41, 5.74) is 0.502. The third kappa shape index (κ3) is 0.833. The van der Waals surface area contributed by atoms with Crippen LogP contribution in [0.4, 0.5) is 0 Å². The van der Waals surface area contributed by atoms with E-state index in [0.717, 1.165) is 0 Å². The van der Waals surface area contributed by atoms with Crippen LogP contribution in [0.1, 0.15) is 10.6 Å². The minimum atomic E-state index is -1.13. The highest BCUT2D eigenvalue weighted by molar-refractivity contribution is 5.99. The van der Waals surface area contributed by atoms with Gasteiger partial charge in [-0.2, -0.15) is 0 Å². The molecule has 2 rings (SSSR count). The number of carbonyl (C=O) groups is 1. The van der Waals surface area contributed by atoms with E-state index in [-0.39, 0.29) is 5.76 Å². The van der Waals surface area contributed by atoms with Crippen LogP contribution in [0, 0.1) is 0 Å². The van der Waals surface area contributed by atoms with Gasteiger partial charge >= 0.3 is 5.97 Å². The van der Waals surface area contributed by atoms with Crippen molar-refractivity contribution in [3.05, 3.63) is 24.2 Å². The Hall–Kier alpha value is -1.91. The van der Waals surface area contributed by atoms with Crippen LogP contribution in [-0.2, 0) is 0 Å². The van der Waals surface area contributed by atoms with Gasteiger partial charge in [-0.1, -0.05) is 5.16 Å². The number of pyridine rings is 1. The van der Waals surface area contributed by atoms with Gasteiger partial charge in [-0.15, -0.1) is 0 Å². The number of hydrogen-bond acceptors (Lipinski definition) is 4. The molecular formula is C7H4N2O3. The zero-order valence-corrected chi connectivity index (χ0v) is 5.89. The molecule has 60 valence electrons. The third-order valence-corrected chi connectivity index (χ3v) is 1.47. The first-order chi connectivity index (χ1) is 5.79. The maximum Gasteiger partial charge on any atom is 0.375 e. The molecule has 0 fully saturated rings. The van der Waals surface area contributed by atoms with Crippen LogP contribution in [0.2, 0.25) is 0 Å². The van der Waals surface area contributed by atoms with Crippen molar-refractivity contribution < 1.29 is 14.4 Å². The highest BCUT2D eigenvalue weighted by Crippen LogP contribution is 2.15. The van der Waals surface area contributed by atoms with Crippen molar-refractivity contribution in [2.75, 3.05) is 0 Å². The second kappa shape index (κ2) is 2.30. The van der Waals surface area contributed by atoms with Crippen LogP contribution >= 0.6 is 0 Å². The second-order valence-corrected chi connectivity index (χ2v) is 2.21. The van der Waals surface area contributed by atoms with E-state index in [1.54, 1.807) is 6.07 Å². The number of carboxylic acids is 1. The first kappa shape index (κ1) is 6.78. The number of nitrogens with zero attached hydrogens (tertiary/aromatic N) is 2. The summed E-state index contributed by atoms with van der Waals surface area (Å²) in [4.78, 5) is 14.3. The van der Waals surface area contributed by atoms with Crippen LogP contribution in [0.3, 0.4) is 0 Å². The van der Waals surface area contributed by atoms with Gasteiger partial charge in [0.25, 0.3) is 5.76 Å². The Morgan fingerprint density at radius 2 is 2.42 bits per heavy atom. The summed E-state index contributed by atoms with van der Waals surface area (Å²) in [5.74, 6) is -1.30. The van der Waals surface area contributed by atoms with E-state index in [4.69, 9.17) is 5.11 Å². The molecular weight excluding hydrogens is 160 g/mol. The molecule has 0 unspecified atom stereocenters. The molecule has 0 atom stereocenters. The zero-order valence-electron chi connectivity index (χ0n) is 5.89. The average molecular weight is 164 g/mol. The lowest BCUT2D eigenvalue weighted by molar-refractivity contribution is 0.0655. The summed E-state index contributed by atoms with van der Waals surface area (Å²) in [6.07, 6.45) is 2.94. The number of hydrogen-bond donors (Lipinski definition) is 1. The monoisotopic (exact) mass is 164 g/mol. The molecule has 1 N–H and O–H groups in total. The predicted molar refractivity (Wildman–Crippen MR) is 38.8 cm³/mol. The summed E-state index contributed by atoms with van der Waals surface area (Å²) in [5, 5.41) is 12.6. The molecule has 0 aliphatic heterocycles. The van der Waals surface area contributed by atoms with Crippen molar-refractivity contribution in [3.63, 3.8) is 0 Å². The SMILES string of the molecule is O=C(O)c1onc2ccncc12. The standard InChI is InChI=1S/C7H4N2O3/c10-7(11)6-4-3-8-2-1-5(4)9-12-6/h1-3H,(H,10,11). The Labute approximate surface area is 66.6 Å². The summed E-state index contributed by atoms with van der Waals surface area (Å²) in [6.45, 7) is 0. The lowest BCUT2D eigenvalue weighted by Crippen LogP contribution is -1.93. The summed E-state index contributed by atoms with van der Waals surface area (Å²) >= 11 is 0. The smallest absolute Gasteiger partial charge is 0.375 e. The van der Waals surface area contributed by atoms with Gasteiger partial charge in [-0.25, -0.2) is 4.79 Å². The van der Waals surface area contributed by atoms with E-state index in [2.05, 4.69) is 14.7 Å². The Bertz CT molecular complexity index is 435. The number of fused-ring (bicyclic) bond motifs is 1. The Kier molecular flexibility index (Phi) is 1.30. The van der Waals surface area contributed by atoms with Crippen LogP contribution in [0.25, 0.3) is 10.9 Å². The number of carboxylic acid groups (broad SMARTS) is 1. The maximum absolute atomic E-state index is 10.5. The molecule has 2 aromatic heterocycles. The van der Waals surface area contributed by atoms with Crippen molar-refractivity contribution in [3.8, 4) is 0 Å². The number of aromatic nitrogens is 2. The molecule has 0 saturated heterocycles. The van der Waals surface area contributed by atoms with Crippen LogP contribution in [-0.4, -0.2) is 21.2 Å². The largest absolute Gasteiger partial charge is 0.475 e. The maximum atomic E-state index is 10.5. The van der Waals surface area contributed by atoms with E-state index < -0.39 is 5.97 Å². The van der Waals surface area contributed by atoms with E-state index in [9.17, 15) is 4.79 Å². The quantitative estimate of drug-likeness (QED) is 0.678. The number of aromatic carboxylic acids is 1. The summed E-state index contributed by atoms with van der Waals surface area (Å²) in [6, 6.07) is 1.59. The van der Waals surface area contributed by atoms with Gasteiger partial charge in [0.05, 0.1) is 5.39 Å². The van der Waals surface area contributed by atoms with Gasteiger partial charge in [0, 0.05) is 12.4 Å². The fraction of sp³-hybridized carbons (Fsp3) is 0. The van der Waals surface area contributed by atoms with Gasteiger partial charge in [-0.05, 0) is 6.07 Å². The van der Waals surface area contributed by atoms with E-state index >= 15 is 0 Å². The van der Waals surface area contributed by atoms with E-state index in [1.165, 1.54) is 12.4 Å². The van der Waals surface area contributed by atoms with Crippen molar-refractivity contribution >= 4 is 16.9 Å². The minimum Gasteiger partial charge on any atom is -0.475 e. The van der Waals surface area contributed by atoms with E-state index in [1.807, 2.05) is 0 Å². The summed E-state index contributed by atoms with van der Waals surface area (Å²) in [7, 11) is 0. The molecule has 12 heavy (non-hydrogen) atoms. The normalized spacial score (nSPS) is 10.3. The Morgan fingerprint density at radius 1 is 1.58 bits per heavy atom.